The number of nitrogens with one attached hydrogen (secondary N) is 1. The molecule has 0 amide bonds. The lowest BCUT2D eigenvalue weighted by Gasteiger charge is -2.28. The number of rotatable bonds is 7. The van der Waals surface area contributed by atoms with Gasteiger partial charge in [0, 0.05) is 19.6 Å². The monoisotopic (exact) mass is 241 g/mol. The van der Waals surface area contributed by atoms with E-state index in [1.165, 1.54) is 4.80 Å². The summed E-state index contributed by atoms with van der Waals surface area (Å²) in [5.41, 5.74) is -0.144. The molecule has 1 aromatic rings. The first-order valence-corrected chi connectivity index (χ1v) is 5.98. The average molecular weight is 241 g/mol. The number of aromatic nitrogens is 4. The molecule has 0 saturated carbocycles. The van der Waals surface area contributed by atoms with Crippen molar-refractivity contribution >= 4 is 0 Å². The Hall–Kier alpha value is -1.01. The number of nitrogens with zero attached hydrogens (tertiary/aromatic N) is 4. The van der Waals surface area contributed by atoms with Crippen molar-refractivity contribution in [1.29, 1.82) is 0 Å². The zero-order valence-corrected chi connectivity index (χ0v) is 11.4. The summed E-state index contributed by atoms with van der Waals surface area (Å²) in [5, 5.41) is 15.5. The van der Waals surface area contributed by atoms with Crippen molar-refractivity contribution in [3.05, 3.63) is 5.82 Å². The van der Waals surface area contributed by atoms with Gasteiger partial charge in [0.15, 0.2) is 5.82 Å². The van der Waals surface area contributed by atoms with Crippen LogP contribution >= 0.6 is 0 Å². The van der Waals surface area contributed by atoms with E-state index < -0.39 is 0 Å². The molecule has 98 valence electrons. The van der Waals surface area contributed by atoms with Gasteiger partial charge in [-0.3, -0.25) is 0 Å². The summed E-state index contributed by atoms with van der Waals surface area (Å²) >= 11 is 0. The Bertz CT molecular complexity index is 336. The van der Waals surface area contributed by atoms with Crippen molar-refractivity contribution in [1.82, 2.24) is 25.5 Å². The molecular formula is C11H23N5O. The van der Waals surface area contributed by atoms with Crippen LogP contribution in [0.1, 0.15) is 33.0 Å². The van der Waals surface area contributed by atoms with Crippen LogP contribution in [0.25, 0.3) is 0 Å². The van der Waals surface area contributed by atoms with E-state index in [0.717, 1.165) is 25.2 Å². The lowest BCUT2D eigenvalue weighted by Crippen LogP contribution is -2.39. The van der Waals surface area contributed by atoms with Crippen LogP contribution in [0.2, 0.25) is 0 Å². The van der Waals surface area contributed by atoms with Crippen LogP contribution in [0.5, 0.6) is 0 Å². The molecule has 0 bridgehead atoms. The second kappa shape index (κ2) is 6.07. The third-order valence-corrected chi connectivity index (χ3v) is 2.76. The molecule has 1 N–H and O–H groups in total. The van der Waals surface area contributed by atoms with Crippen LogP contribution in [0.4, 0.5) is 0 Å². The summed E-state index contributed by atoms with van der Waals surface area (Å²) in [4.78, 5) is 1.49. The molecule has 0 aromatic carbocycles. The molecule has 6 heteroatoms. The molecule has 0 aliphatic heterocycles. The molecule has 1 aromatic heterocycles. The van der Waals surface area contributed by atoms with Gasteiger partial charge in [-0.25, -0.2) is 0 Å². The number of hydrogen-bond acceptors (Lipinski definition) is 5. The molecule has 0 saturated heterocycles. The number of hydrogen-bond donors (Lipinski definition) is 1. The standard InChI is InChI=1S/C11H23N5O/c1-6-12-9(8-11(2,3)17-5)7-10-13-15-16(4)14-10/h9,12H,6-8H2,1-5H3. The molecule has 6 nitrogen and oxygen atoms in total. The maximum Gasteiger partial charge on any atom is 0.176 e. The Kier molecular flexibility index (Phi) is 5.02. The van der Waals surface area contributed by atoms with E-state index in [1.807, 2.05) is 0 Å². The minimum atomic E-state index is -0.144. The van der Waals surface area contributed by atoms with Crippen LogP contribution in [-0.2, 0) is 18.2 Å². The van der Waals surface area contributed by atoms with Gasteiger partial charge in [-0.05, 0) is 32.0 Å². The fourth-order valence-electron chi connectivity index (χ4n) is 1.81. The first kappa shape index (κ1) is 14.1. The Morgan fingerprint density at radius 2 is 2.18 bits per heavy atom. The maximum atomic E-state index is 5.46. The second-order valence-electron chi connectivity index (χ2n) is 4.82. The van der Waals surface area contributed by atoms with E-state index in [9.17, 15) is 0 Å². The lowest BCUT2D eigenvalue weighted by atomic mass is 9.96. The summed E-state index contributed by atoms with van der Waals surface area (Å²) < 4.78 is 5.46. The molecule has 1 heterocycles. The molecular weight excluding hydrogens is 218 g/mol. The van der Waals surface area contributed by atoms with Crippen LogP contribution in [0.15, 0.2) is 0 Å². The van der Waals surface area contributed by atoms with Crippen molar-refractivity contribution in [2.24, 2.45) is 7.05 Å². The number of aryl methyl sites for hydroxylation is 1. The fourth-order valence-corrected chi connectivity index (χ4v) is 1.81. The number of likely N-dealkylation sites (N-methyl/N-ethyl adjacent to an activating group) is 1. The first-order chi connectivity index (χ1) is 7.96. The van der Waals surface area contributed by atoms with Crippen molar-refractivity contribution in [3.8, 4) is 0 Å². The van der Waals surface area contributed by atoms with Crippen molar-refractivity contribution < 1.29 is 4.74 Å². The molecule has 17 heavy (non-hydrogen) atoms. The SMILES string of the molecule is CCNC(Cc1nnn(C)n1)CC(C)(C)OC. The van der Waals surface area contributed by atoms with E-state index >= 15 is 0 Å². The van der Waals surface area contributed by atoms with Crippen LogP contribution in [0.3, 0.4) is 0 Å². The van der Waals surface area contributed by atoms with Gasteiger partial charge in [0.2, 0.25) is 0 Å². The van der Waals surface area contributed by atoms with Gasteiger partial charge < -0.3 is 10.1 Å². The topological polar surface area (TPSA) is 64.9 Å². The molecule has 0 spiro atoms. The minimum Gasteiger partial charge on any atom is -0.379 e. The van der Waals surface area contributed by atoms with E-state index in [4.69, 9.17) is 4.74 Å². The van der Waals surface area contributed by atoms with Crippen molar-refractivity contribution in [3.63, 3.8) is 0 Å². The van der Waals surface area contributed by atoms with Crippen molar-refractivity contribution in [2.45, 2.75) is 45.3 Å². The van der Waals surface area contributed by atoms with Gasteiger partial charge in [0.25, 0.3) is 0 Å². The third kappa shape index (κ3) is 4.79. The number of ether oxygens (including phenoxy) is 1. The molecule has 1 rings (SSSR count). The Labute approximate surface area is 103 Å². The highest BCUT2D eigenvalue weighted by Crippen LogP contribution is 2.17. The minimum absolute atomic E-state index is 0.144. The average Bonchev–Trinajstić information content (AvgIpc) is 2.64. The van der Waals surface area contributed by atoms with Crippen molar-refractivity contribution in [2.75, 3.05) is 13.7 Å². The smallest absolute Gasteiger partial charge is 0.176 e. The van der Waals surface area contributed by atoms with Gasteiger partial charge in [-0.1, -0.05) is 6.92 Å². The fraction of sp³-hybridized carbons (Fsp3) is 0.909. The van der Waals surface area contributed by atoms with Gasteiger partial charge in [-0.15, -0.1) is 10.2 Å². The number of tetrazole rings is 1. The molecule has 0 aliphatic rings. The van der Waals surface area contributed by atoms with E-state index in [0.29, 0.717) is 6.04 Å². The lowest BCUT2D eigenvalue weighted by molar-refractivity contribution is 0.00712. The van der Waals surface area contributed by atoms with E-state index in [-0.39, 0.29) is 5.60 Å². The largest absolute Gasteiger partial charge is 0.379 e. The van der Waals surface area contributed by atoms with Crippen LogP contribution < -0.4 is 5.32 Å². The second-order valence-corrected chi connectivity index (χ2v) is 4.82. The maximum absolute atomic E-state index is 5.46. The number of methoxy groups -OCH3 is 1. The van der Waals surface area contributed by atoms with E-state index in [1.54, 1.807) is 14.2 Å². The highest BCUT2D eigenvalue weighted by Gasteiger charge is 2.23. The predicted molar refractivity (Wildman–Crippen MR) is 65.7 cm³/mol. The third-order valence-electron chi connectivity index (χ3n) is 2.76. The molecule has 0 radical (unpaired) electrons. The summed E-state index contributed by atoms with van der Waals surface area (Å²) in [6.45, 7) is 7.19. The summed E-state index contributed by atoms with van der Waals surface area (Å²) in [6.07, 6.45) is 1.68. The Balaban J connectivity index is 2.60. The quantitative estimate of drug-likeness (QED) is 0.755. The highest BCUT2D eigenvalue weighted by atomic mass is 16.5. The molecule has 1 unspecified atom stereocenters. The van der Waals surface area contributed by atoms with Gasteiger partial charge in [0.1, 0.15) is 0 Å². The normalized spacial score (nSPS) is 13.9. The van der Waals surface area contributed by atoms with E-state index in [2.05, 4.69) is 41.5 Å². The predicted octanol–water partition coefficient (Wildman–Crippen LogP) is 0.546. The van der Waals surface area contributed by atoms with Gasteiger partial charge >= 0.3 is 0 Å². The van der Waals surface area contributed by atoms with Gasteiger partial charge in [-0.2, -0.15) is 4.80 Å². The highest BCUT2D eigenvalue weighted by molar-refractivity contribution is 4.88. The molecule has 1 atom stereocenters. The van der Waals surface area contributed by atoms with Crippen LogP contribution in [0, 0.1) is 0 Å². The zero-order valence-electron chi connectivity index (χ0n) is 11.4. The molecule has 0 aliphatic carbocycles. The Morgan fingerprint density at radius 1 is 1.47 bits per heavy atom. The zero-order chi connectivity index (χ0) is 12.9. The Morgan fingerprint density at radius 3 is 2.65 bits per heavy atom. The molecule has 0 fully saturated rings. The summed E-state index contributed by atoms with van der Waals surface area (Å²) in [7, 11) is 3.52. The summed E-state index contributed by atoms with van der Waals surface area (Å²) in [6, 6.07) is 0.305. The van der Waals surface area contributed by atoms with Crippen LogP contribution in [-0.4, -0.2) is 45.5 Å². The summed E-state index contributed by atoms with van der Waals surface area (Å²) in [5.74, 6) is 0.769. The first-order valence-electron chi connectivity index (χ1n) is 5.98. The van der Waals surface area contributed by atoms with Gasteiger partial charge in [0.05, 0.1) is 12.6 Å².